The standard InChI is InChI=1S/C17H25N3O4/c1-10(24-11(2)17(22)23)16(21)20-13-4-5-14(20)9-12(8-13)15-6-7-18-19(15)3/h6-7,10-14H,4-5,8-9H2,1-3H3,(H,22,23). The highest BCUT2D eigenvalue weighted by Gasteiger charge is 2.45. The Morgan fingerprint density at radius 3 is 2.38 bits per heavy atom. The number of aromatic nitrogens is 2. The molecule has 24 heavy (non-hydrogen) atoms. The average Bonchev–Trinajstić information content (AvgIpc) is 3.07. The van der Waals surface area contributed by atoms with Crippen LogP contribution in [-0.4, -0.2) is 56.0 Å². The number of carboxylic acids is 1. The molecular formula is C17H25N3O4. The molecule has 2 saturated heterocycles. The van der Waals surface area contributed by atoms with Crippen LogP contribution >= 0.6 is 0 Å². The van der Waals surface area contributed by atoms with Gasteiger partial charge in [0, 0.05) is 36.9 Å². The van der Waals surface area contributed by atoms with E-state index in [0.29, 0.717) is 5.92 Å². The van der Waals surface area contributed by atoms with Crippen molar-refractivity contribution >= 4 is 11.9 Å². The Kier molecular flexibility index (Phi) is 4.62. The van der Waals surface area contributed by atoms with E-state index >= 15 is 0 Å². The smallest absolute Gasteiger partial charge is 0.332 e. The summed E-state index contributed by atoms with van der Waals surface area (Å²) < 4.78 is 7.28. The lowest BCUT2D eigenvalue weighted by molar-refractivity contribution is -0.161. The number of rotatable bonds is 5. The van der Waals surface area contributed by atoms with Gasteiger partial charge in [-0.2, -0.15) is 5.10 Å². The molecule has 1 aromatic heterocycles. The minimum atomic E-state index is -1.05. The Morgan fingerprint density at radius 1 is 1.25 bits per heavy atom. The molecule has 1 N–H and O–H groups in total. The highest BCUT2D eigenvalue weighted by atomic mass is 16.5. The second kappa shape index (κ2) is 6.55. The third-order valence-electron chi connectivity index (χ3n) is 5.37. The first-order valence-corrected chi connectivity index (χ1v) is 8.56. The van der Waals surface area contributed by atoms with Crippen LogP contribution in [0.25, 0.3) is 0 Å². The summed E-state index contributed by atoms with van der Waals surface area (Å²) in [5.74, 6) is -0.709. The number of carboxylic acid groups (broad SMARTS) is 1. The Bertz CT molecular complexity index is 615. The molecule has 0 aromatic carbocycles. The van der Waals surface area contributed by atoms with Gasteiger partial charge in [0.1, 0.15) is 6.10 Å². The predicted octanol–water partition coefficient (Wildman–Crippen LogP) is 1.54. The molecule has 2 bridgehead atoms. The van der Waals surface area contributed by atoms with Crippen molar-refractivity contribution in [3.63, 3.8) is 0 Å². The lowest BCUT2D eigenvalue weighted by atomic mass is 9.87. The first kappa shape index (κ1) is 17.0. The van der Waals surface area contributed by atoms with Crippen LogP contribution in [0.5, 0.6) is 0 Å². The number of nitrogens with zero attached hydrogens (tertiary/aromatic N) is 3. The number of piperidine rings is 1. The molecule has 1 amide bonds. The first-order chi connectivity index (χ1) is 11.4. The zero-order valence-corrected chi connectivity index (χ0v) is 14.4. The second-order valence-electron chi connectivity index (χ2n) is 6.94. The zero-order valence-electron chi connectivity index (χ0n) is 14.4. The molecule has 0 spiro atoms. The highest BCUT2D eigenvalue weighted by molar-refractivity contribution is 5.82. The third-order valence-corrected chi connectivity index (χ3v) is 5.37. The van der Waals surface area contributed by atoms with Gasteiger partial charge in [0.2, 0.25) is 0 Å². The summed E-state index contributed by atoms with van der Waals surface area (Å²) in [5.41, 5.74) is 1.22. The molecule has 3 heterocycles. The van der Waals surface area contributed by atoms with Crippen molar-refractivity contribution in [1.29, 1.82) is 0 Å². The van der Waals surface area contributed by atoms with Gasteiger partial charge in [0.05, 0.1) is 0 Å². The summed E-state index contributed by atoms with van der Waals surface area (Å²) >= 11 is 0. The van der Waals surface area contributed by atoms with Gasteiger partial charge in [-0.05, 0) is 45.6 Å². The van der Waals surface area contributed by atoms with Crippen LogP contribution < -0.4 is 0 Å². The molecular weight excluding hydrogens is 310 g/mol. The number of hydrogen-bond donors (Lipinski definition) is 1. The van der Waals surface area contributed by atoms with Gasteiger partial charge in [0.25, 0.3) is 5.91 Å². The van der Waals surface area contributed by atoms with Crippen LogP contribution in [0.15, 0.2) is 12.3 Å². The van der Waals surface area contributed by atoms with Crippen molar-refractivity contribution in [2.45, 2.75) is 69.7 Å². The number of carbonyl (C=O) groups is 2. The number of fused-ring (bicyclic) bond motifs is 2. The van der Waals surface area contributed by atoms with Gasteiger partial charge in [-0.1, -0.05) is 0 Å². The van der Waals surface area contributed by atoms with Crippen LogP contribution in [0, 0.1) is 0 Å². The second-order valence-corrected chi connectivity index (χ2v) is 6.94. The maximum Gasteiger partial charge on any atom is 0.332 e. The van der Waals surface area contributed by atoms with E-state index in [1.807, 2.05) is 22.8 Å². The van der Waals surface area contributed by atoms with Crippen molar-refractivity contribution in [3.8, 4) is 0 Å². The van der Waals surface area contributed by atoms with Crippen LogP contribution in [0.4, 0.5) is 0 Å². The van der Waals surface area contributed by atoms with E-state index in [-0.39, 0.29) is 18.0 Å². The van der Waals surface area contributed by atoms with Crippen molar-refractivity contribution in [2.24, 2.45) is 7.05 Å². The van der Waals surface area contributed by atoms with E-state index in [2.05, 4.69) is 11.2 Å². The van der Waals surface area contributed by atoms with Crippen LogP contribution in [0.2, 0.25) is 0 Å². The van der Waals surface area contributed by atoms with E-state index in [0.717, 1.165) is 25.7 Å². The zero-order chi connectivity index (χ0) is 17.4. The van der Waals surface area contributed by atoms with Crippen molar-refractivity contribution < 1.29 is 19.4 Å². The molecule has 0 saturated carbocycles. The van der Waals surface area contributed by atoms with Gasteiger partial charge in [-0.25, -0.2) is 4.79 Å². The number of carbonyl (C=O) groups excluding carboxylic acids is 1. The average molecular weight is 335 g/mol. The fourth-order valence-electron chi connectivity index (χ4n) is 4.20. The molecule has 3 rings (SSSR count). The Labute approximate surface area is 141 Å². The van der Waals surface area contributed by atoms with E-state index in [1.165, 1.54) is 12.6 Å². The lowest BCUT2D eigenvalue weighted by Crippen LogP contribution is -2.50. The molecule has 0 radical (unpaired) electrons. The highest BCUT2D eigenvalue weighted by Crippen LogP contribution is 2.43. The van der Waals surface area contributed by atoms with Gasteiger partial charge < -0.3 is 14.7 Å². The first-order valence-electron chi connectivity index (χ1n) is 8.56. The van der Waals surface area contributed by atoms with Gasteiger partial charge in [-0.15, -0.1) is 0 Å². The van der Waals surface area contributed by atoms with Gasteiger partial charge >= 0.3 is 5.97 Å². The third kappa shape index (κ3) is 3.05. The van der Waals surface area contributed by atoms with E-state index < -0.39 is 18.2 Å². The SMILES string of the molecule is CC(OC(C)C(=O)N1C2CCC1CC(c1ccnn1C)C2)C(=O)O. The number of amides is 1. The van der Waals surface area contributed by atoms with E-state index in [1.54, 1.807) is 6.92 Å². The summed E-state index contributed by atoms with van der Waals surface area (Å²) in [7, 11) is 1.96. The minimum Gasteiger partial charge on any atom is -0.479 e. The van der Waals surface area contributed by atoms with Gasteiger partial charge in [-0.3, -0.25) is 9.48 Å². The summed E-state index contributed by atoms with van der Waals surface area (Å²) in [4.78, 5) is 25.6. The fourth-order valence-corrected chi connectivity index (χ4v) is 4.20. The molecule has 0 aliphatic carbocycles. The number of hydrogen-bond acceptors (Lipinski definition) is 4. The monoisotopic (exact) mass is 335 g/mol. The van der Waals surface area contributed by atoms with Crippen LogP contribution in [-0.2, 0) is 21.4 Å². The molecule has 132 valence electrons. The molecule has 7 heteroatoms. The molecule has 2 aliphatic rings. The number of aliphatic carboxylic acids is 1. The Balaban J connectivity index is 1.68. The van der Waals surface area contributed by atoms with Crippen molar-refractivity contribution in [1.82, 2.24) is 14.7 Å². The molecule has 2 aliphatic heterocycles. The normalized spacial score (nSPS) is 28.6. The molecule has 1 aromatic rings. The molecule has 4 unspecified atom stereocenters. The summed E-state index contributed by atoms with van der Waals surface area (Å²) in [6.07, 6.45) is 3.99. The Hall–Kier alpha value is -1.89. The number of ether oxygens (including phenoxy) is 1. The predicted molar refractivity (Wildman–Crippen MR) is 86.5 cm³/mol. The summed E-state index contributed by atoms with van der Waals surface area (Å²) in [6, 6.07) is 2.48. The fraction of sp³-hybridized carbons (Fsp3) is 0.706. The molecule has 2 fully saturated rings. The van der Waals surface area contributed by atoms with Crippen molar-refractivity contribution in [2.75, 3.05) is 0 Å². The van der Waals surface area contributed by atoms with E-state index in [9.17, 15) is 9.59 Å². The molecule has 7 nitrogen and oxygen atoms in total. The van der Waals surface area contributed by atoms with Crippen LogP contribution in [0.3, 0.4) is 0 Å². The summed E-state index contributed by atoms with van der Waals surface area (Å²) in [5, 5.41) is 13.2. The lowest BCUT2D eigenvalue weighted by Gasteiger charge is -2.40. The van der Waals surface area contributed by atoms with E-state index in [4.69, 9.17) is 9.84 Å². The quantitative estimate of drug-likeness (QED) is 0.882. The largest absolute Gasteiger partial charge is 0.479 e. The van der Waals surface area contributed by atoms with Crippen LogP contribution in [0.1, 0.15) is 51.1 Å². The topological polar surface area (TPSA) is 84.7 Å². The maximum absolute atomic E-state index is 12.8. The van der Waals surface area contributed by atoms with Gasteiger partial charge in [0.15, 0.2) is 6.10 Å². The minimum absolute atomic E-state index is 0.0842. The number of aryl methyl sites for hydroxylation is 1. The molecule has 4 atom stereocenters. The van der Waals surface area contributed by atoms with Crippen molar-refractivity contribution in [3.05, 3.63) is 18.0 Å². The maximum atomic E-state index is 12.8. The summed E-state index contributed by atoms with van der Waals surface area (Å²) in [6.45, 7) is 3.10. The Morgan fingerprint density at radius 2 is 1.88 bits per heavy atom.